The van der Waals surface area contributed by atoms with E-state index in [1.807, 2.05) is 47.4 Å². The third kappa shape index (κ3) is 3.34. The van der Waals surface area contributed by atoms with Gasteiger partial charge in [-0.25, -0.2) is 4.39 Å². The summed E-state index contributed by atoms with van der Waals surface area (Å²) in [6.45, 7) is 0.655. The summed E-state index contributed by atoms with van der Waals surface area (Å²) < 4.78 is 19.5. The molecule has 4 nitrogen and oxygen atoms in total. The first kappa shape index (κ1) is 18.4. The first-order chi connectivity index (χ1) is 13.6. The van der Waals surface area contributed by atoms with Crippen LogP contribution in [0.1, 0.15) is 30.0 Å². The Hall–Kier alpha value is -2.92. The van der Waals surface area contributed by atoms with E-state index >= 15 is 0 Å². The van der Waals surface area contributed by atoms with Crippen LogP contribution in [0.5, 0.6) is 5.75 Å². The summed E-state index contributed by atoms with van der Waals surface area (Å²) in [7, 11) is 1.43. The van der Waals surface area contributed by atoms with Crippen molar-refractivity contribution in [3.05, 3.63) is 77.6 Å². The average Bonchev–Trinajstić information content (AvgIpc) is 3.18. The van der Waals surface area contributed by atoms with Crippen LogP contribution >= 0.6 is 0 Å². The molecule has 1 N–H and O–H groups in total. The zero-order chi connectivity index (χ0) is 19.7. The average molecular weight is 379 g/mol. The fourth-order valence-corrected chi connectivity index (χ4v) is 4.17. The van der Waals surface area contributed by atoms with E-state index in [1.54, 1.807) is 6.07 Å². The van der Waals surface area contributed by atoms with Crippen molar-refractivity contribution in [1.82, 2.24) is 4.90 Å². The highest BCUT2D eigenvalue weighted by atomic mass is 19.1. The largest absolute Gasteiger partial charge is 0.494 e. The Morgan fingerprint density at radius 1 is 1.11 bits per heavy atom. The summed E-state index contributed by atoms with van der Waals surface area (Å²) in [6, 6.07) is 18.1. The van der Waals surface area contributed by atoms with Crippen LogP contribution < -0.4 is 4.74 Å². The fourth-order valence-electron chi connectivity index (χ4n) is 4.17. The molecule has 0 aliphatic carbocycles. The minimum atomic E-state index is -0.836. The lowest BCUT2D eigenvalue weighted by atomic mass is 9.94. The van der Waals surface area contributed by atoms with E-state index in [0.717, 1.165) is 28.3 Å². The predicted molar refractivity (Wildman–Crippen MR) is 106 cm³/mol. The highest BCUT2D eigenvalue weighted by Gasteiger charge is 2.37. The molecule has 5 heteroatoms. The summed E-state index contributed by atoms with van der Waals surface area (Å²) in [6.07, 6.45) is 1.40. The van der Waals surface area contributed by atoms with E-state index in [-0.39, 0.29) is 11.8 Å². The van der Waals surface area contributed by atoms with Gasteiger partial charge in [-0.05, 0) is 52.9 Å². The number of fused-ring (bicyclic) bond motifs is 1. The molecule has 4 rings (SSSR count). The van der Waals surface area contributed by atoms with Crippen molar-refractivity contribution in [3.63, 3.8) is 0 Å². The number of benzene rings is 3. The molecule has 1 heterocycles. The molecule has 0 bridgehead atoms. The Labute approximate surface area is 163 Å². The number of likely N-dealkylation sites (tertiary alicyclic amines) is 1. The number of rotatable bonds is 5. The maximum Gasteiger partial charge on any atom is 0.320 e. The van der Waals surface area contributed by atoms with Crippen LogP contribution in [0.25, 0.3) is 10.8 Å². The third-order valence-electron chi connectivity index (χ3n) is 5.49. The Balaban J connectivity index is 1.85. The van der Waals surface area contributed by atoms with Gasteiger partial charge in [0.25, 0.3) is 0 Å². The molecular weight excluding hydrogens is 357 g/mol. The third-order valence-corrected chi connectivity index (χ3v) is 5.49. The number of halogens is 1. The fraction of sp³-hybridized carbons (Fsp3) is 0.261. The van der Waals surface area contributed by atoms with Gasteiger partial charge in [-0.3, -0.25) is 9.69 Å². The summed E-state index contributed by atoms with van der Waals surface area (Å²) in [5.74, 6) is -1.11. The number of methoxy groups -OCH3 is 1. The minimum absolute atomic E-state index is 0.178. The van der Waals surface area contributed by atoms with E-state index in [1.165, 1.54) is 13.2 Å². The van der Waals surface area contributed by atoms with Crippen LogP contribution in [0.3, 0.4) is 0 Å². The number of ether oxygens (including phenoxy) is 1. The van der Waals surface area contributed by atoms with Crippen molar-refractivity contribution >= 4 is 16.7 Å². The SMILES string of the molecule is COc1ccc(C(c2ccc3ccccc3c2)N2CCCC2C(=O)O)cc1F. The summed E-state index contributed by atoms with van der Waals surface area (Å²) in [5, 5.41) is 11.9. The van der Waals surface area contributed by atoms with Crippen molar-refractivity contribution in [2.24, 2.45) is 0 Å². The molecule has 0 amide bonds. The summed E-state index contributed by atoms with van der Waals surface area (Å²) >= 11 is 0. The van der Waals surface area contributed by atoms with Crippen LogP contribution in [0, 0.1) is 5.82 Å². The van der Waals surface area contributed by atoms with Gasteiger partial charge in [0.2, 0.25) is 0 Å². The number of hydrogen-bond acceptors (Lipinski definition) is 3. The molecule has 144 valence electrons. The number of nitrogens with zero attached hydrogens (tertiary/aromatic N) is 1. The van der Waals surface area contributed by atoms with Crippen LogP contribution in [-0.4, -0.2) is 35.7 Å². The zero-order valence-corrected chi connectivity index (χ0v) is 15.6. The number of carboxylic acids is 1. The number of aliphatic carboxylic acids is 1. The Morgan fingerprint density at radius 3 is 2.54 bits per heavy atom. The Kier molecular flexibility index (Phi) is 5.01. The van der Waals surface area contributed by atoms with Gasteiger partial charge in [-0.15, -0.1) is 0 Å². The first-order valence-electron chi connectivity index (χ1n) is 9.39. The molecular formula is C23H22FNO3. The van der Waals surface area contributed by atoms with E-state index in [0.29, 0.717) is 13.0 Å². The van der Waals surface area contributed by atoms with Crippen LogP contribution in [0.2, 0.25) is 0 Å². The van der Waals surface area contributed by atoms with Gasteiger partial charge in [0.1, 0.15) is 6.04 Å². The van der Waals surface area contributed by atoms with Gasteiger partial charge in [-0.2, -0.15) is 0 Å². The van der Waals surface area contributed by atoms with Gasteiger partial charge >= 0.3 is 5.97 Å². The summed E-state index contributed by atoms with van der Waals surface area (Å²) in [4.78, 5) is 13.8. The standard InChI is InChI=1S/C23H22FNO3/c1-28-21-11-10-18(14-19(21)24)22(25-12-4-7-20(25)23(26)27)17-9-8-15-5-2-3-6-16(15)13-17/h2-3,5-6,8-11,13-14,20,22H,4,7,12H2,1H3,(H,26,27). The molecule has 1 fully saturated rings. The van der Waals surface area contributed by atoms with E-state index in [9.17, 15) is 14.3 Å². The molecule has 0 aromatic heterocycles. The van der Waals surface area contributed by atoms with Crippen LogP contribution in [0.4, 0.5) is 4.39 Å². The molecule has 1 aliphatic heterocycles. The maximum absolute atomic E-state index is 14.5. The van der Waals surface area contributed by atoms with Crippen molar-refractivity contribution in [3.8, 4) is 5.75 Å². The molecule has 0 saturated carbocycles. The predicted octanol–water partition coefficient (Wildman–Crippen LogP) is 4.63. The number of hydrogen-bond donors (Lipinski definition) is 1. The molecule has 3 aromatic carbocycles. The molecule has 0 radical (unpaired) electrons. The van der Waals surface area contributed by atoms with Crippen molar-refractivity contribution in [2.45, 2.75) is 24.9 Å². The lowest BCUT2D eigenvalue weighted by molar-refractivity contribution is -0.142. The van der Waals surface area contributed by atoms with Gasteiger partial charge in [0, 0.05) is 6.54 Å². The quantitative estimate of drug-likeness (QED) is 0.702. The second-order valence-corrected chi connectivity index (χ2v) is 7.14. The van der Waals surface area contributed by atoms with Gasteiger partial charge < -0.3 is 9.84 Å². The molecule has 28 heavy (non-hydrogen) atoms. The molecule has 2 atom stereocenters. The molecule has 1 saturated heterocycles. The van der Waals surface area contributed by atoms with Crippen molar-refractivity contribution in [2.75, 3.05) is 13.7 Å². The van der Waals surface area contributed by atoms with Gasteiger partial charge in [0.05, 0.1) is 13.2 Å². The monoisotopic (exact) mass is 379 g/mol. The zero-order valence-electron chi connectivity index (χ0n) is 15.6. The second kappa shape index (κ2) is 7.60. The van der Waals surface area contributed by atoms with Crippen LogP contribution in [0.15, 0.2) is 60.7 Å². The summed E-state index contributed by atoms with van der Waals surface area (Å²) in [5.41, 5.74) is 1.68. The Bertz CT molecular complexity index is 1020. The smallest absolute Gasteiger partial charge is 0.320 e. The lowest BCUT2D eigenvalue weighted by Crippen LogP contribution is -2.39. The number of carboxylic acid groups (broad SMARTS) is 1. The molecule has 1 aliphatic rings. The topological polar surface area (TPSA) is 49.8 Å². The molecule has 2 unspecified atom stereocenters. The number of carbonyl (C=O) groups is 1. The van der Waals surface area contributed by atoms with Crippen molar-refractivity contribution < 1.29 is 19.0 Å². The highest BCUT2D eigenvalue weighted by molar-refractivity contribution is 5.83. The van der Waals surface area contributed by atoms with E-state index in [4.69, 9.17) is 4.74 Å². The highest BCUT2D eigenvalue weighted by Crippen LogP contribution is 2.37. The first-order valence-corrected chi connectivity index (χ1v) is 9.39. The molecule has 3 aromatic rings. The van der Waals surface area contributed by atoms with E-state index < -0.39 is 17.8 Å². The lowest BCUT2D eigenvalue weighted by Gasteiger charge is -2.32. The normalized spacial score (nSPS) is 18.3. The van der Waals surface area contributed by atoms with Gasteiger partial charge in [-0.1, -0.05) is 42.5 Å². The van der Waals surface area contributed by atoms with E-state index in [2.05, 4.69) is 6.07 Å². The van der Waals surface area contributed by atoms with Crippen LogP contribution in [-0.2, 0) is 4.79 Å². The Morgan fingerprint density at radius 2 is 1.82 bits per heavy atom. The maximum atomic E-state index is 14.5. The second-order valence-electron chi connectivity index (χ2n) is 7.14. The van der Waals surface area contributed by atoms with Crippen molar-refractivity contribution in [1.29, 1.82) is 0 Å². The minimum Gasteiger partial charge on any atom is -0.494 e. The molecule has 0 spiro atoms. The van der Waals surface area contributed by atoms with Gasteiger partial charge in [0.15, 0.2) is 11.6 Å².